The normalized spacial score (nSPS) is 14.1. The van der Waals surface area contributed by atoms with E-state index < -0.39 is 18.2 Å². The van der Waals surface area contributed by atoms with Crippen LogP contribution in [-0.2, 0) is 20.9 Å². The van der Waals surface area contributed by atoms with Gasteiger partial charge in [0.2, 0.25) is 0 Å². The van der Waals surface area contributed by atoms with Gasteiger partial charge in [0, 0.05) is 4.47 Å². The van der Waals surface area contributed by atoms with Crippen molar-refractivity contribution in [3.63, 3.8) is 0 Å². The molecular formula is C12H15BrO4. The van der Waals surface area contributed by atoms with Crippen molar-refractivity contribution in [3.8, 4) is 0 Å². The Kier molecular flexibility index (Phi) is 5.11. The van der Waals surface area contributed by atoms with E-state index in [1.807, 2.05) is 24.3 Å². The summed E-state index contributed by atoms with van der Waals surface area (Å²) in [7, 11) is 1.26. The van der Waals surface area contributed by atoms with Crippen LogP contribution in [0.5, 0.6) is 0 Å². The number of rotatable bonds is 5. The molecule has 0 radical (unpaired) electrons. The van der Waals surface area contributed by atoms with Gasteiger partial charge in [-0.25, -0.2) is 4.79 Å². The van der Waals surface area contributed by atoms with E-state index in [0.29, 0.717) is 0 Å². The van der Waals surface area contributed by atoms with E-state index in [9.17, 15) is 9.90 Å². The summed E-state index contributed by atoms with van der Waals surface area (Å²) >= 11 is 3.33. The number of carbonyl (C=O) groups is 1. The van der Waals surface area contributed by atoms with Gasteiger partial charge in [-0.15, -0.1) is 0 Å². The van der Waals surface area contributed by atoms with E-state index in [-0.39, 0.29) is 6.61 Å². The number of methoxy groups -OCH3 is 1. The fourth-order valence-electron chi connectivity index (χ4n) is 1.21. The second-order valence-electron chi connectivity index (χ2n) is 3.80. The van der Waals surface area contributed by atoms with E-state index in [4.69, 9.17) is 4.74 Å². The number of halogens is 1. The molecule has 94 valence electrons. The minimum atomic E-state index is -1.32. The van der Waals surface area contributed by atoms with E-state index in [1.54, 1.807) is 0 Å². The van der Waals surface area contributed by atoms with Gasteiger partial charge >= 0.3 is 5.97 Å². The van der Waals surface area contributed by atoms with Crippen LogP contribution in [0.4, 0.5) is 0 Å². The molecule has 5 heteroatoms. The Morgan fingerprint density at radius 2 is 2.00 bits per heavy atom. The molecule has 17 heavy (non-hydrogen) atoms. The second kappa shape index (κ2) is 6.14. The predicted molar refractivity (Wildman–Crippen MR) is 66.4 cm³/mol. The molecule has 1 unspecified atom stereocenters. The number of aliphatic hydroxyl groups is 1. The third-order valence-electron chi connectivity index (χ3n) is 2.39. The molecule has 4 nitrogen and oxygen atoms in total. The first-order valence-corrected chi connectivity index (χ1v) is 5.89. The molecule has 0 amide bonds. The lowest BCUT2D eigenvalue weighted by Crippen LogP contribution is -2.42. The van der Waals surface area contributed by atoms with Gasteiger partial charge in [-0.3, -0.25) is 0 Å². The van der Waals surface area contributed by atoms with Crippen LogP contribution in [0, 0.1) is 0 Å². The summed E-state index contributed by atoms with van der Waals surface area (Å²) in [6, 6.07) is 7.51. The van der Waals surface area contributed by atoms with Crippen LogP contribution in [-0.4, -0.2) is 30.4 Å². The first kappa shape index (κ1) is 14.2. The molecule has 1 aromatic rings. The van der Waals surface area contributed by atoms with Crippen molar-refractivity contribution < 1.29 is 19.4 Å². The summed E-state index contributed by atoms with van der Waals surface area (Å²) in [5.74, 6) is -0.586. The molecule has 0 aliphatic carbocycles. The Hall–Kier alpha value is -0.910. The maximum absolute atomic E-state index is 11.4. The minimum absolute atomic E-state index is 0.236. The number of aliphatic hydroxyl groups excluding tert-OH is 1. The van der Waals surface area contributed by atoms with Crippen LogP contribution < -0.4 is 0 Å². The molecule has 0 aliphatic rings. The van der Waals surface area contributed by atoms with Gasteiger partial charge in [-0.05, 0) is 24.6 Å². The number of carbonyl (C=O) groups excluding carboxylic acids is 1. The van der Waals surface area contributed by atoms with E-state index in [2.05, 4.69) is 20.7 Å². The third-order valence-corrected chi connectivity index (χ3v) is 2.92. The predicted octanol–water partition coefficient (Wildman–Crippen LogP) is 1.89. The standard InChI is InChI=1S/C12H15BrO4/c1-12(8-14,11(15)16-2)17-7-9-3-5-10(13)6-4-9/h3-6,14H,7-8H2,1-2H3. The molecule has 1 aromatic carbocycles. The van der Waals surface area contributed by atoms with Crippen molar-refractivity contribution in [2.45, 2.75) is 19.1 Å². The molecule has 0 saturated heterocycles. The average molecular weight is 303 g/mol. The fraction of sp³-hybridized carbons (Fsp3) is 0.417. The van der Waals surface area contributed by atoms with Gasteiger partial charge in [0.1, 0.15) is 0 Å². The van der Waals surface area contributed by atoms with Crippen molar-refractivity contribution in [1.29, 1.82) is 0 Å². The van der Waals surface area contributed by atoms with Crippen molar-refractivity contribution in [1.82, 2.24) is 0 Å². The number of benzene rings is 1. The van der Waals surface area contributed by atoms with Crippen molar-refractivity contribution in [2.75, 3.05) is 13.7 Å². The first-order valence-electron chi connectivity index (χ1n) is 5.09. The zero-order chi connectivity index (χ0) is 12.9. The summed E-state index contributed by atoms with van der Waals surface area (Å²) in [6.45, 7) is 1.31. The van der Waals surface area contributed by atoms with Crippen molar-refractivity contribution >= 4 is 21.9 Å². The monoisotopic (exact) mass is 302 g/mol. The quantitative estimate of drug-likeness (QED) is 0.844. The Morgan fingerprint density at radius 3 is 2.47 bits per heavy atom. The van der Waals surface area contributed by atoms with Crippen molar-refractivity contribution in [2.24, 2.45) is 0 Å². The van der Waals surface area contributed by atoms with Gasteiger partial charge in [0.25, 0.3) is 0 Å². The second-order valence-corrected chi connectivity index (χ2v) is 4.71. The molecule has 0 bridgehead atoms. The Bertz CT molecular complexity index is 377. The number of esters is 1. The molecular weight excluding hydrogens is 288 g/mol. The lowest BCUT2D eigenvalue weighted by Gasteiger charge is -2.24. The number of ether oxygens (including phenoxy) is 2. The lowest BCUT2D eigenvalue weighted by atomic mass is 10.1. The van der Waals surface area contributed by atoms with Gasteiger partial charge in [-0.1, -0.05) is 28.1 Å². The summed E-state index contributed by atoms with van der Waals surface area (Å²) in [5, 5.41) is 9.18. The SMILES string of the molecule is COC(=O)C(C)(CO)OCc1ccc(Br)cc1. The smallest absolute Gasteiger partial charge is 0.340 e. The Labute approximate surface area is 109 Å². The highest BCUT2D eigenvalue weighted by molar-refractivity contribution is 9.10. The molecule has 1 atom stereocenters. The summed E-state index contributed by atoms with van der Waals surface area (Å²) in [5.41, 5.74) is -0.404. The largest absolute Gasteiger partial charge is 0.467 e. The number of hydrogen-bond donors (Lipinski definition) is 1. The first-order chi connectivity index (χ1) is 8.01. The van der Waals surface area contributed by atoms with Crippen LogP contribution in [0.3, 0.4) is 0 Å². The van der Waals surface area contributed by atoms with Crippen LogP contribution >= 0.6 is 15.9 Å². The van der Waals surface area contributed by atoms with Gasteiger partial charge in [0.05, 0.1) is 20.3 Å². The summed E-state index contributed by atoms with van der Waals surface area (Å²) in [4.78, 5) is 11.4. The van der Waals surface area contributed by atoms with Crippen molar-refractivity contribution in [3.05, 3.63) is 34.3 Å². The maximum atomic E-state index is 11.4. The summed E-state index contributed by atoms with van der Waals surface area (Å²) < 4.78 is 11.0. The maximum Gasteiger partial charge on any atom is 0.340 e. The van der Waals surface area contributed by atoms with E-state index in [0.717, 1.165) is 10.0 Å². The molecule has 0 fully saturated rings. The minimum Gasteiger partial charge on any atom is -0.467 e. The zero-order valence-corrected chi connectivity index (χ0v) is 11.4. The Morgan fingerprint density at radius 1 is 1.41 bits per heavy atom. The topological polar surface area (TPSA) is 55.8 Å². The lowest BCUT2D eigenvalue weighted by molar-refractivity contribution is -0.174. The third kappa shape index (κ3) is 3.80. The summed E-state index contributed by atoms with van der Waals surface area (Å²) in [6.07, 6.45) is 0. The van der Waals surface area contributed by atoms with E-state index in [1.165, 1.54) is 14.0 Å². The fourth-order valence-corrected chi connectivity index (χ4v) is 1.47. The highest BCUT2D eigenvalue weighted by atomic mass is 79.9. The molecule has 0 aromatic heterocycles. The molecule has 0 aliphatic heterocycles. The molecule has 0 heterocycles. The zero-order valence-electron chi connectivity index (χ0n) is 9.77. The highest BCUT2D eigenvalue weighted by Crippen LogP contribution is 2.16. The average Bonchev–Trinajstić information content (AvgIpc) is 2.36. The van der Waals surface area contributed by atoms with Gasteiger partial charge in [-0.2, -0.15) is 0 Å². The molecule has 1 rings (SSSR count). The number of hydrogen-bond acceptors (Lipinski definition) is 4. The van der Waals surface area contributed by atoms with Gasteiger partial charge < -0.3 is 14.6 Å². The molecule has 1 N–H and O–H groups in total. The molecule has 0 spiro atoms. The van der Waals surface area contributed by atoms with E-state index >= 15 is 0 Å². The van der Waals surface area contributed by atoms with Crippen LogP contribution in [0.1, 0.15) is 12.5 Å². The molecule has 0 saturated carbocycles. The van der Waals surface area contributed by atoms with Crippen LogP contribution in [0.15, 0.2) is 28.7 Å². The highest BCUT2D eigenvalue weighted by Gasteiger charge is 2.34. The van der Waals surface area contributed by atoms with Crippen LogP contribution in [0.25, 0.3) is 0 Å². The Balaban J connectivity index is 2.65. The van der Waals surface area contributed by atoms with Crippen LogP contribution in [0.2, 0.25) is 0 Å². The van der Waals surface area contributed by atoms with Gasteiger partial charge in [0.15, 0.2) is 5.60 Å².